The lowest BCUT2D eigenvalue weighted by Crippen LogP contribution is -2.42. The molecule has 6 heteroatoms. The molecular formula is C15H22F3N3. The molecule has 1 N–H and O–H groups in total. The van der Waals surface area contributed by atoms with E-state index in [0.29, 0.717) is 18.8 Å². The van der Waals surface area contributed by atoms with Gasteiger partial charge in [0.15, 0.2) is 0 Å². The quantitative estimate of drug-likeness (QED) is 0.922. The largest absolute Gasteiger partial charge is 0.393 e. The van der Waals surface area contributed by atoms with Crippen LogP contribution in [0.25, 0.3) is 0 Å². The highest BCUT2D eigenvalue weighted by Crippen LogP contribution is 2.35. The zero-order chi connectivity index (χ0) is 15.5. The lowest BCUT2D eigenvalue weighted by Gasteiger charge is -2.36. The predicted octanol–water partition coefficient (Wildman–Crippen LogP) is 3.53. The van der Waals surface area contributed by atoms with Gasteiger partial charge in [-0.3, -0.25) is 0 Å². The SMILES string of the molecule is CCNC(C)c1cccnc1N1CCCC(C(F)(F)F)C1. The molecule has 1 aromatic rings. The van der Waals surface area contributed by atoms with E-state index in [2.05, 4.69) is 10.3 Å². The highest BCUT2D eigenvalue weighted by Gasteiger charge is 2.42. The van der Waals surface area contributed by atoms with Crippen molar-refractivity contribution in [1.82, 2.24) is 10.3 Å². The van der Waals surface area contributed by atoms with Gasteiger partial charge >= 0.3 is 6.18 Å². The molecule has 0 radical (unpaired) electrons. The van der Waals surface area contributed by atoms with Crippen LogP contribution in [0.5, 0.6) is 0 Å². The highest BCUT2D eigenvalue weighted by molar-refractivity contribution is 5.48. The Morgan fingerprint density at radius 3 is 2.90 bits per heavy atom. The molecular weight excluding hydrogens is 279 g/mol. The van der Waals surface area contributed by atoms with Gasteiger partial charge in [0.25, 0.3) is 0 Å². The number of nitrogens with one attached hydrogen (secondary N) is 1. The average Bonchev–Trinajstić information content (AvgIpc) is 2.47. The normalized spacial score (nSPS) is 21.4. The summed E-state index contributed by atoms with van der Waals surface area (Å²) in [4.78, 5) is 6.12. The van der Waals surface area contributed by atoms with Gasteiger partial charge in [-0.25, -0.2) is 4.98 Å². The van der Waals surface area contributed by atoms with Gasteiger partial charge in [0.05, 0.1) is 5.92 Å². The number of aromatic nitrogens is 1. The molecule has 1 fully saturated rings. The third-order valence-electron chi connectivity index (χ3n) is 3.98. The van der Waals surface area contributed by atoms with E-state index in [1.165, 1.54) is 0 Å². The first-order chi connectivity index (χ1) is 9.93. The highest BCUT2D eigenvalue weighted by atomic mass is 19.4. The maximum atomic E-state index is 13.0. The summed E-state index contributed by atoms with van der Waals surface area (Å²) < 4.78 is 38.9. The number of piperidine rings is 1. The van der Waals surface area contributed by atoms with Gasteiger partial charge in [-0.15, -0.1) is 0 Å². The van der Waals surface area contributed by atoms with Crippen molar-refractivity contribution >= 4 is 5.82 Å². The molecule has 0 aliphatic carbocycles. The lowest BCUT2D eigenvalue weighted by molar-refractivity contribution is -0.176. The van der Waals surface area contributed by atoms with E-state index >= 15 is 0 Å². The number of hydrogen-bond acceptors (Lipinski definition) is 3. The molecule has 1 saturated heterocycles. The Morgan fingerprint density at radius 1 is 1.48 bits per heavy atom. The third-order valence-corrected chi connectivity index (χ3v) is 3.98. The van der Waals surface area contributed by atoms with Crippen LogP contribution in [0.15, 0.2) is 18.3 Å². The fourth-order valence-electron chi connectivity index (χ4n) is 2.86. The van der Waals surface area contributed by atoms with Crippen LogP contribution in [0, 0.1) is 5.92 Å². The molecule has 2 heterocycles. The van der Waals surface area contributed by atoms with Gasteiger partial charge < -0.3 is 10.2 Å². The zero-order valence-corrected chi connectivity index (χ0v) is 12.5. The van der Waals surface area contributed by atoms with Crippen molar-refractivity contribution in [2.45, 2.75) is 38.9 Å². The second-order valence-corrected chi connectivity index (χ2v) is 5.52. The van der Waals surface area contributed by atoms with Crippen LogP contribution < -0.4 is 10.2 Å². The Balaban J connectivity index is 2.21. The number of anilines is 1. The fourth-order valence-corrected chi connectivity index (χ4v) is 2.86. The van der Waals surface area contributed by atoms with Crippen molar-refractivity contribution in [3.8, 4) is 0 Å². The van der Waals surface area contributed by atoms with Crippen LogP contribution in [-0.2, 0) is 0 Å². The van der Waals surface area contributed by atoms with E-state index in [0.717, 1.165) is 12.1 Å². The Hall–Kier alpha value is -1.30. The summed E-state index contributed by atoms with van der Waals surface area (Å²) in [7, 11) is 0. The lowest BCUT2D eigenvalue weighted by atomic mass is 9.96. The molecule has 2 rings (SSSR count). The Bertz CT molecular complexity index is 462. The first-order valence-electron chi connectivity index (χ1n) is 7.43. The molecule has 3 nitrogen and oxygen atoms in total. The average molecular weight is 301 g/mol. The van der Waals surface area contributed by atoms with Crippen LogP contribution in [0.4, 0.5) is 19.0 Å². The summed E-state index contributed by atoms with van der Waals surface area (Å²) in [5.41, 5.74) is 0.960. The fraction of sp³-hybridized carbons (Fsp3) is 0.667. The Morgan fingerprint density at radius 2 is 2.24 bits per heavy atom. The molecule has 1 aliphatic rings. The Kier molecular flexibility index (Phi) is 5.08. The van der Waals surface area contributed by atoms with Crippen molar-refractivity contribution in [2.24, 2.45) is 5.92 Å². The molecule has 0 saturated carbocycles. The first-order valence-corrected chi connectivity index (χ1v) is 7.43. The third kappa shape index (κ3) is 3.87. The molecule has 0 spiro atoms. The summed E-state index contributed by atoms with van der Waals surface area (Å²) >= 11 is 0. The van der Waals surface area contributed by atoms with E-state index < -0.39 is 12.1 Å². The molecule has 1 aromatic heterocycles. The topological polar surface area (TPSA) is 28.2 Å². The molecule has 21 heavy (non-hydrogen) atoms. The minimum Gasteiger partial charge on any atom is -0.356 e. The maximum absolute atomic E-state index is 13.0. The van der Waals surface area contributed by atoms with E-state index in [1.54, 1.807) is 11.1 Å². The molecule has 118 valence electrons. The van der Waals surface area contributed by atoms with Crippen LogP contribution in [0.1, 0.15) is 38.3 Å². The number of rotatable bonds is 4. The minimum absolute atomic E-state index is 0.00631. The van der Waals surface area contributed by atoms with Crippen LogP contribution in [-0.4, -0.2) is 30.8 Å². The summed E-state index contributed by atoms with van der Waals surface area (Å²) in [6.45, 7) is 5.46. The molecule has 0 bridgehead atoms. The van der Waals surface area contributed by atoms with Crippen LogP contribution in [0.3, 0.4) is 0 Å². The maximum Gasteiger partial charge on any atom is 0.393 e. The van der Waals surface area contributed by atoms with E-state index in [-0.39, 0.29) is 19.0 Å². The second kappa shape index (κ2) is 6.64. The summed E-state index contributed by atoms with van der Waals surface area (Å²) in [5, 5.41) is 3.29. The summed E-state index contributed by atoms with van der Waals surface area (Å²) in [5.74, 6) is -0.574. The van der Waals surface area contributed by atoms with Gasteiger partial charge in [-0.05, 0) is 32.4 Å². The van der Waals surface area contributed by atoms with E-state index in [4.69, 9.17) is 0 Å². The Labute approximate surface area is 123 Å². The smallest absolute Gasteiger partial charge is 0.356 e. The number of hydrogen-bond donors (Lipinski definition) is 1. The molecule has 2 atom stereocenters. The van der Waals surface area contributed by atoms with Crippen molar-refractivity contribution < 1.29 is 13.2 Å². The van der Waals surface area contributed by atoms with E-state index in [9.17, 15) is 13.2 Å². The standard InChI is InChI=1S/C15H22F3N3/c1-3-19-11(2)13-7-4-8-20-14(13)21-9-5-6-12(10-21)15(16,17)18/h4,7-8,11-12,19H,3,5-6,9-10H2,1-2H3. The number of nitrogens with zero attached hydrogens (tertiary/aromatic N) is 2. The minimum atomic E-state index is -4.12. The van der Waals surface area contributed by atoms with Crippen molar-refractivity contribution in [1.29, 1.82) is 0 Å². The summed E-state index contributed by atoms with van der Waals surface area (Å²) in [6, 6.07) is 3.84. The second-order valence-electron chi connectivity index (χ2n) is 5.52. The van der Waals surface area contributed by atoms with E-state index in [1.807, 2.05) is 26.0 Å². The zero-order valence-electron chi connectivity index (χ0n) is 12.5. The molecule has 2 unspecified atom stereocenters. The van der Waals surface area contributed by atoms with Crippen LogP contribution >= 0.6 is 0 Å². The molecule has 0 aromatic carbocycles. The van der Waals surface area contributed by atoms with Gasteiger partial charge in [-0.2, -0.15) is 13.2 Å². The first kappa shape index (κ1) is 16.1. The monoisotopic (exact) mass is 301 g/mol. The number of alkyl halides is 3. The van der Waals surface area contributed by atoms with Gasteiger partial charge in [0.2, 0.25) is 0 Å². The van der Waals surface area contributed by atoms with Crippen molar-refractivity contribution in [3.63, 3.8) is 0 Å². The van der Waals surface area contributed by atoms with Gasteiger partial charge in [0, 0.05) is 30.9 Å². The number of halogens is 3. The summed E-state index contributed by atoms with van der Waals surface area (Å²) in [6.07, 6.45) is -1.71. The van der Waals surface area contributed by atoms with Crippen molar-refractivity contribution in [3.05, 3.63) is 23.9 Å². The predicted molar refractivity (Wildman–Crippen MR) is 77.3 cm³/mol. The van der Waals surface area contributed by atoms with Gasteiger partial charge in [0.1, 0.15) is 5.82 Å². The van der Waals surface area contributed by atoms with Crippen molar-refractivity contribution in [2.75, 3.05) is 24.5 Å². The number of pyridine rings is 1. The van der Waals surface area contributed by atoms with Gasteiger partial charge in [-0.1, -0.05) is 13.0 Å². The molecule has 1 aliphatic heterocycles. The van der Waals surface area contributed by atoms with Crippen LogP contribution in [0.2, 0.25) is 0 Å². The molecule has 0 amide bonds.